The Morgan fingerprint density at radius 2 is 2.18 bits per heavy atom. The minimum atomic E-state index is 0.377. The van der Waals surface area contributed by atoms with Crippen LogP contribution in [-0.4, -0.2) is 47.8 Å². The largest absolute Gasteiger partial charge is 0.339 e. The first-order valence-corrected chi connectivity index (χ1v) is 6.49. The highest BCUT2D eigenvalue weighted by Crippen LogP contribution is 2.08. The van der Waals surface area contributed by atoms with Gasteiger partial charge in [-0.3, -0.25) is 0 Å². The van der Waals surface area contributed by atoms with Gasteiger partial charge in [-0.05, 0) is 39.9 Å². The molecule has 1 fully saturated rings. The molecule has 1 unspecified atom stereocenters. The van der Waals surface area contributed by atoms with Gasteiger partial charge in [0.2, 0.25) is 5.89 Å². The third-order valence-corrected chi connectivity index (χ3v) is 3.33. The Kier molecular flexibility index (Phi) is 4.50. The van der Waals surface area contributed by atoms with Crippen molar-refractivity contribution in [2.45, 2.75) is 38.6 Å². The lowest BCUT2D eigenvalue weighted by Gasteiger charge is -2.11. The molecule has 1 aliphatic heterocycles. The fourth-order valence-corrected chi connectivity index (χ4v) is 2.10. The SMILES string of the molecule is CNC(C)Cc1nc(CCN2CCCC2)no1. The Balaban J connectivity index is 1.77. The molecule has 17 heavy (non-hydrogen) atoms. The second-order valence-corrected chi connectivity index (χ2v) is 4.80. The number of likely N-dealkylation sites (N-methyl/N-ethyl adjacent to an activating group) is 1. The average molecular weight is 238 g/mol. The van der Waals surface area contributed by atoms with E-state index in [1.54, 1.807) is 0 Å². The van der Waals surface area contributed by atoms with Gasteiger partial charge in [0, 0.05) is 25.4 Å². The van der Waals surface area contributed by atoms with Gasteiger partial charge in [0.15, 0.2) is 5.82 Å². The Bertz CT molecular complexity index is 333. The molecule has 5 heteroatoms. The number of likely N-dealkylation sites (tertiary alicyclic amines) is 1. The number of nitrogens with one attached hydrogen (secondary N) is 1. The molecule has 5 nitrogen and oxygen atoms in total. The summed E-state index contributed by atoms with van der Waals surface area (Å²) in [6.07, 6.45) is 4.36. The normalized spacial score (nSPS) is 18.7. The Labute approximate surface area is 103 Å². The van der Waals surface area contributed by atoms with Gasteiger partial charge in [-0.25, -0.2) is 0 Å². The van der Waals surface area contributed by atoms with Gasteiger partial charge in [-0.2, -0.15) is 4.98 Å². The molecule has 2 rings (SSSR count). The average Bonchev–Trinajstić information content (AvgIpc) is 2.97. The van der Waals surface area contributed by atoms with Gasteiger partial charge >= 0.3 is 0 Å². The zero-order valence-corrected chi connectivity index (χ0v) is 10.8. The Hall–Kier alpha value is -0.940. The van der Waals surface area contributed by atoms with Crippen LogP contribution in [0.4, 0.5) is 0 Å². The summed E-state index contributed by atoms with van der Waals surface area (Å²) in [5, 5.41) is 7.19. The number of aromatic nitrogens is 2. The molecular formula is C12H22N4O. The summed E-state index contributed by atoms with van der Waals surface area (Å²) >= 11 is 0. The van der Waals surface area contributed by atoms with Gasteiger partial charge in [0.05, 0.1) is 0 Å². The van der Waals surface area contributed by atoms with Crippen LogP contribution in [0.1, 0.15) is 31.5 Å². The Morgan fingerprint density at radius 3 is 2.88 bits per heavy atom. The van der Waals surface area contributed by atoms with E-state index in [9.17, 15) is 0 Å². The first-order valence-electron chi connectivity index (χ1n) is 6.49. The third-order valence-electron chi connectivity index (χ3n) is 3.33. The quantitative estimate of drug-likeness (QED) is 0.796. The van der Waals surface area contributed by atoms with E-state index >= 15 is 0 Å². The van der Waals surface area contributed by atoms with Crippen LogP contribution in [0.5, 0.6) is 0 Å². The maximum Gasteiger partial charge on any atom is 0.228 e. The van der Waals surface area contributed by atoms with Crippen molar-refractivity contribution in [3.05, 3.63) is 11.7 Å². The highest BCUT2D eigenvalue weighted by Gasteiger charge is 2.13. The molecule has 2 heterocycles. The molecule has 0 saturated carbocycles. The predicted molar refractivity (Wildman–Crippen MR) is 65.9 cm³/mol. The monoisotopic (exact) mass is 238 g/mol. The van der Waals surface area contributed by atoms with E-state index in [1.165, 1.54) is 25.9 Å². The molecule has 0 amide bonds. The predicted octanol–water partition coefficient (Wildman–Crippen LogP) is 0.858. The van der Waals surface area contributed by atoms with Crippen molar-refractivity contribution >= 4 is 0 Å². The van der Waals surface area contributed by atoms with Crippen LogP contribution in [0.25, 0.3) is 0 Å². The van der Waals surface area contributed by atoms with E-state index in [0.717, 1.165) is 31.1 Å². The lowest BCUT2D eigenvalue weighted by atomic mass is 10.2. The van der Waals surface area contributed by atoms with Crippen LogP contribution < -0.4 is 5.32 Å². The molecule has 0 bridgehead atoms. The van der Waals surface area contributed by atoms with Crippen molar-refractivity contribution in [2.75, 3.05) is 26.7 Å². The van der Waals surface area contributed by atoms with Crippen LogP contribution in [0.2, 0.25) is 0 Å². The minimum absolute atomic E-state index is 0.377. The van der Waals surface area contributed by atoms with E-state index in [-0.39, 0.29) is 0 Å². The molecule has 0 aliphatic carbocycles. The molecular weight excluding hydrogens is 216 g/mol. The van der Waals surface area contributed by atoms with Gasteiger partial charge in [-0.1, -0.05) is 5.16 Å². The van der Waals surface area contributed by atoms with Crippen molar-refractivity contribution in [1.29, 1.82) is 0 Å². The molecule has 0 spiro atoms. The summed E-state index contributed by atoms with van der Waals surface area (Å²) in [7, 11) is 1.94. The number of nitrogens with zero attached hydrogens (tertiary/aromatic N) is 3. The molecule has 1 aromatic rings. The third kappa shape index (κ3) is 3.78. The standard InChI is InChI=1S/C12H22N4O/c1-10(13-2)9-12-14-11(15-17-12)5-8-16-6-3-4-7-16/h10,13H,3-9H2,1-2H3. The fraction of sp³-hybridized carbons (Fsp3) is 0.833. The van der Waals surface area contributed by atoms with Gasteiger partial charge in [-0.15, -0.1) is 0 Å². The summed E-state index contributed by atoms with van der Waals surface area (Å²) in [6, 6.07) is 0.377. The van der Waals surface area contributed by atoms with E-state index in [4.69, 9.17) is 4.52 Å². The lowest BCUT2D eigenvalue weighted by molar-refractivity contribution is 0.332. The zero-order chi connectivity index (χ0) is 12.1. The van der Waals surface area contributed by atoms with Gasteiger partial charge < -0.3 is 14.7 Å². The summed E-state index contributed by atoms with van der Waals surface area (Å²) in [4.78, 5) is 6.88. The molecule has 0 aromatic carbocycles. The first kappa shape index (κ1) is 12.5. The smallest absolute Gasteiger partial charge is 0.228 e. The molecule has 1 aromatic heterocycles. The van der Waals surface area contributed by atoms with E-state index in [0.29, 0.717) is 6.04 Å². The van der Waals surface area contributed by atoms with Crippen LogP contribution in [-0.2, 0) is 12.8 Å². The highest BCUT2D eigenvalue weighted by molar-refractivity contribution is 4.89. The van der Waals surface area contributed by atoms with Crippen molar-refractivity contribution in [1.82, 2.24) is 20.4 Å². The maximum atomic E-state index is 5.23. The lowest BCUT2D eigenvalue weighted by Crippen LogP contribution is -2.24. The molecule has 0 radical (unpaired) electrons. The molecule has 1 N–H and O–H groups in total. The van der Waals surface area contributed by atoms with Crippen molar-refractivity contribution in [3.8, 4) is 0 Å². The molecule has 1 aliphatic rings. The molecule has 1 saturated heterocycles. The van der Waals surface area contributed by atoms with Crippen LogP contribution >= 0.6 is 0 Å². The van der Waals surface area contributed by atoms with Crippen LogP contribution in [0.15, 0.2) is 4.52 Å². The van der Waals surface area contributed by atoms with E-state index in [1.807, 2.05) is 7.05 Å². The highest BCUT2D eigenvalue weighted by atomic mass is 16.5. The molecule has 1 atom stereocenters. The topological polar surface area (TPSA) is 54.2 Å². The van der Waals surface area contributed by atoms with Crippen LogP contribution in [0.3, 0.4) is 0 Å². The second-order valence-electron chi connectivity index (χ2n) is 4.80. The molecule has 96 valence electrons. The van der Waals surface area contributed by atoms with E-state index in [2.05, 4.69) is 27.3 Å². The number of hydrogen-bond donors (Lipinski definition) is 1. The van der Waals surface area contributed by atoms with Crippen molar-refractivity contribution < 1.29 is 4.52 Å². The number of rotatable bonds is 6. The first-order chi connectivity index (χ1) is 8.28. The summed E-state index contributed by atoms with van der Waals surface area (Å²) in [6.45, 7) is 5.61. The summed E-state index contributed by atoms with van der Waals surface area (Å²) < 4.78 is 5.23. The minimum Gasteiger partial charge on any atom is -0.339 e. The summed E-state index contributed by atoms with van der Waals surface area (Å²) in [5.74, 6) is 1.58. The van der Waals surface area contributed by atoms with Gasteiger partial charge in [0.25, 0.3) is 0 Å². The Morgan fingerprint density at radius 1 is 1.41 bits per heavy atom. The second kappa shape index (κ2) is 6.12. The summed E-state index contributed by atoms with van der Waals surface area (Å²) in [5.41, 5.74) is 0. The zero-order valence-electron chi connectivity index (χ0n) is 10.8. The fourth-order valence-electron chi connectivity index (χ4n) is 2.10. The van der Waals surface area contributed by atoms with Crippen molar-refractivity contribution in [3.63, 3.8) is 0 Å². The number of hydrogen-bond acceptors (Lipinski definition) is 5. The van der Waals surface area contributed by atoms with E-state index < -0.39 is 0 Å². The van der Waals surface area contributed by atoms with Crippen molar-refractivity contribution in [2.24, 2.45) is 0 Å². The maximum absolute atomic E-state index is 5.23. The van der Waals surface area contributed by atoms with Crippen LogP contribution in [0, 0.1) is 0 Å². The van der Waals surface area contributed by atoms with Gasteiger partial charge in [0.1, 0.15) is 0 Å².